The minimum atomic E-state index is -0.0449. The van der Waals surface area contributed by atoms with Crippen LogP contribution in [0.15, 0.2) is 52.9 Å². The zero-order valence-corrected chi connectivity index (χ0v) is 17.8. The summed E-state index contributed by atoms with van der Waals surface area (Å²) in [5.41, 5.74) is 2.70. The van der Waals surface area contributed by atoms with Crippen LogP contribution in [0.2, 0.25) is 0 Å². The van der Waals surface area contributed by atoms with Crippen molar-refractivity contribution in [1.82, 2.24) is 15.2 Å². The van der Waals surface area contributed by atoms with E-state index < -0.39 is 0 Å². The lowest BCUT2D eigenvalue weighted by molar-refractivity contribution is 0.174. The Morgan fingerprint density at radius 3 is 2.74 bits per heavy atom. The van der Waals surface area contributed by atoms with E-state index in [-0.39, 0.29) is 11.9 Å². The zero-order valence-electron chi connectivity index (χ0n) is 17.8. The van der Waals surface area contributed by atoms with E-state index in [1.807, 2.05) is 53.4 Å². The second kappa shape index (κ2) is 9.00. The highest BCUT2D eigenvalue weighted by Crippen LogP contribution is 2.29. The molecule has 2 amide bonds. The normalized spacial score (nSPS) is 19.6. The topological polar surface area (TPSA) is 67.6 Å². The zero-order chi connectivity index (χ0) is 21.0. The van der Waals surface area contributed by atoms with Crippen molar-refractivity contribution in [1.29, 1.82) is 0 Å². The number of ether oxygens (including phenoxy) is 1. The van der Waals surface area contributed by atoms with Gasteiger partial charge >= 0.3 is 6.03 Å². The van der Waals surface area contributed by atoms with Crippen molar-refractivity contribution in [3.8, 4) is 5.75 Å². The number of hydrogen-bond donors (Lipinski definition) is 1. The summed E-state index contributed by atoms with van der Waals surface area (Å²) in [7, 11) is 0. The predicted molar refractivity (Wildman–Crippen MR) is 119 cm³/mol. The molecule has 1 saturated carbocycles. The highest BCUT2D eigenvalue weighted by Gasteiger charge is 2.28. The van der Waals surface area contributed by atoms with E-state index in [0.29, 0.717) is 19.2 Å². The van der Waals surface area contributed by atoms with E-state index in [9.17, 15) is 4.79 Å². The largest absolute Gasteiger partial charge is 0.490 e. The third kappa shape index (κ3) is 4.53. The fourth-order valence-corrected chi connectivity index (χ4v) is 4.66. The number of rotatable bonds is 5. The average Bonchev–Trinajstić information content (AvgIpc) is 3.48. The lowest BCUT2D eigenvalue weighted by atomic mass is 9.98. The molecule has 2 heterocycles. The standard InChI is InChI=1S/C25H29N3O3/c29-25(26-16-18-8-1-5-13-22(18)30-20-10-2-3-11-20)28-15-7-9-19(17-28)24-27-21-12-4-6-14-23(21)31-24/h1,4-6,8,12-14,19-20H,2-3,7,9-11,15-17H2,(H,26,29). The quantitative estimate of drug-likeness (QED) is 0.614. The van der Waals surface area contributed by atoms with Crippen LogP contribution in [0, 0.1) is 0 Å². The average molecular weight is 420 g/mol. The Morgan fingerprint density at radius 1 is 1.06 bits per heavy atom. The minimum absolute atomic E-state index is 0.0449. The molecule has 0 radical (unpaired) electrons. The molecule has 1 aliphatic heterocycles. The van der Waals surface area contributed by atoms with Crippen LogP contribution >= 0.6 is 0 Å². The molecule has 5 rings (SSSR count). The molecule has 1 saturated heterocycles. The molecule has 2 aliphatic rings. The molecule has 31 heavy (non-hydrogen) atoms. The van der Waals surface area contributed by atoms with E-state index in [1.165, 1.54) is 12.8 Å². The third-order valence-corrected chi connectivity index (χ3v) is 6.37. The van der Waals surface area contributed by atoms with Crippen LogP contribution in [0.25, 0.3) is 11.1 Å². The third-order valence-electron chi connectivity index (χ3n) is 6.37. The number of carbonyl (C=O) groups is 1. The Hall–Kier alpha value is -3.02. The van der Waals surface area contributed by atoms with Gasteiger partial charge in [-0.1, -0.05) is 30.3 Å². The summed E-state index contributed by atoms with van der Waals surface area (Å²) in [4.78, 5) is 19.4. The number of likely N-dealkylation sites (tertiary alicyclic amines) is 1. The fraction of sp³-hybridized carbons (Fsp3) is 0.440. The van der Waals surface area contributed by atoms with Gasteiger partial charge in [-0.3, -0.25) is 0 Å². The van der Waals surface area contributed by atoms with Gasteiger partial charge in [-0.25, -0.2) is 9.78 Å². The predicted octanol–water partition coefficient (Wildman–Crippen LogP) is 5.24. The number of aromatic nitrogens is 1. The van der Waals surface area contributed by atoms with Crippen molar-refractivity contribution in [3.05, 3.63) is 60.0 Å². The maximum absolute atomic E-state index is 12.9. The summed E-state index contributed by atoms with van der Waals surface area (Å²) in [5.74, 6) is 1.75. The van der Waals surface area contributed by atoms with E-state index in [1.54, 1.807) is 0 Å². The van der Waals surface area contributed by atoms with Gasteiger partial charge in [0.25, 0.3) is 0 Å². The minimum Gasteiger partial charge on any atom is -0.490 e. The van der Waals surface area contributed by atoms with Crippen molar-refractivity contribution in [2.75, 3.05) is 13.1 Å². The summed E-state index contributed by atoms with van der Waals surface area (Å²) >= 11 is 0. The molecule has 0 bridgehead atoms. The second-order valence-corrected chi connectivity index (χ2v) is 8.60. The molecular formula is C25H29N3O3. The molecule has 1 aliphatic carbocycles. The van der Waals surface area contributed by atoms with Gasteiger partial charge in [0, 0.05) is 25.2 Å². The van der Waals surface area contributed by atoms with Crippen molar-refractivity contribution in [3.63, 3.8) is 0 Å². The smallest absolute Gasteiger partial charge is 0.317 e. The number of urea groups is 1. The summed E-state index contributed by atoms with van der Waals surface area (Å²) < 4.78 is 12.2. The van der Waals surface area contributed by atoms with Gasteiger partial charge in [0.15, 0.2) is 11.5 Å². The van der Waals surface area contributed by atoms with Crippen molar-refractivity contribution in [2.24, 2.45) is 0 Å². The molecule has 162 valence electrons. The van der Waals surface area contributed by atoms with Gasteiger partial charge in [-0.2, -0.15) is 0 Å². The van der Waals surface area contributed by atoms with Crippen LogP contribution < -0.4 is 10.1 Å². The first kappa shape index (κ1) is 19.9. The van der Waals surface area contributed by atoms with Crippen LogP contribution in [0.5, 0.6) is 5.75 Å². The van der Waals surface area contributed by atoms with Crippen LogP contribution in [-0.4, -0.2) is 35.1 Å². The number of fused-ring (bicyclic) bond motifs is 1. The van der Waals surface area contributed by atoms with E-state index in [2.05, 4.69) is 10.3 Å². The number of oxazole rings is 1. The molecule has 3 aromatic rings. The molecule has 6 nitrogen and oxygen atoms in total. The molecule has 1 N–H and O–H groups in total. The number of nitrogens with zero attached hydrogens (tertiary/aromatic N) is 2. The van der Waals surface area contributed by atoms with Crippen molar-refractivity contribution < 1.29 is 13.9 Å². The Bertz CT molecular complexity index is 1010. The molecule has 1 atom stereocenters. The lowest BCUT2D eigenvalue weighted by Crippen LogP contribution is -2.44. The summed E-state index contributed by atoms with van der Waals surface area (Å²) in [6.07, 6.45) is 6.93. The Morgan fingerprint density at radius 2 is 1.87 bits per heavy atom. The Balaban J connectivity index is 1.21. The molecule has 2 fully saturated rings. The number of hydrogen-bond acceptors (Lipinski definition) is 4. The number of carbonyl (C=O) groups excluding carboxylic acids is 1. The molecule has 6 heteroatoms. The van der Waals surface area contributed by atoms with Gasteiger partial charge in [-0.05, 0) is 56.7 Å². The highest BCUT2D eigenvalue weighted by atomic mass is 16.5. The van der Waals surface area contributed by atoms with Crippen LogP contribution in [0.1, 0.15) is 55.9 Å². The maximum Gasteiger partial charge on any atom is 0.317 e. The Kier molecular flexibility index (Phi) is 5.78. The van der Waals surface area contributed by atoms with E-state index >= 15 is 0 Å². The van der Waals surface area contributed by atoms with Crippen molar-refractivity contribution in [2.45, 2.75) is 57.1 Å². The summed E-state index contributed by atoms with van der Waals surface area (Å²) in [6, 6.07) is 15.8. The maximum atomic E-state index is 12.9. The SMILES string of the molecule is O=C(NCc1ccccc1OC1CCCC1)N1CCCC(c2nc3ccccc3o2)C1. The molecular weight excluding hydrogens is 390 g/mol. The van der Waals surface area contributed by atoms with Gasteiger partial charge in [-0.15, -0.1) is 0 Å². The molecule has 1 unspecified atom stereocenters. The first-order valence-corrected chi connectivity index (χ1v) is 11.4. The van der Waals surface area contributed by atoms with E-state index in [0.717, 1.165) is 60.5 Å². The number of nitrogens with one attached hydrogen (secondary N) is 1. The van der Waals surface area contributed by atoms with Crippen LogP contribution in [0.4, 0.5) is 4.79 Å². The highest BCUT2D eigenvalue weighted by molar-refractivity contribution is 5.75. The molecule has 1 aromatic heterocycles. The van der Waals surface area contributed by atoms with Gasteiger partial charge in [0.05, 0.1) is 12.0 Å². The van der Waals surface area contributed by atoms with Crippen LogP contribution in [-0.2, 0) is 6.54 Å². The van der Waals surface area contributed by atoms with E-state index in [4.69, 9.17) is 9.15 Å². The van der Waals surface area contributed by atoms with Crippen molar-refractivity contribution >= 4 is 17.1 Å². The number of piperidine rings is 1. The summed E-state index contributed by atoms with van der Waals surface area (Å²) in [5, 5.41) is 3.09. The number of para-hydroxylation sites is 3. The van der Waals surface area contributed by atoms with Gasteiger partial charge < -0.3 is 19.4 Å². The first-order valence-electron chi connectivity index (χ1n) is 11.4. The molecule has 2 aromatic carbocycles. The first-order chi connectivity index (χ1) is 15.3. The monoisotopic (exact) mass is 419 g/mol. The Labute approximate surface area is 182 Å². The number of benzene rings is 2. The van der Waals surface area contributed by atoms with Gasteiger partial charge in [0.1, 0.15) is 11.3 Å². The number of amides is 2. The second-order valence-electron chi connectivity index (χ2n) is 8.60. The lowest BCUT2D eigenvalue weighted by Gasteiger charge is -2.31. The summed E-state index contributed by atoms with van der Waals surface area (Å²) in [6.45, 7) is 1.84. The molecule has 0 spiro atoms. The van der Waals surface area contributed by atoms with Crippen LogP contribution in [0.3, 0.4) is 0 Å². The van der Waals surface area contributed by atoms with Gasteiger partial charge in [0.2, 0.25) is 0 Å². The fourth-order valence-electron chi connectivity index (χ4n) is 4.66.